The molecule has 0 amide bonds. The van der Waals surface area contributed by atoms with Gasteiger partial charge in [-0.15, -0.1) is 0 Å². The van der Waals surface area contributed by atoms with Gasteiger partial charge in [-0.1, -0.05) is 123 Å². The molecule has 0 heterocycles. The lowest BCUT2D eigenvalue weighted by Gasteiger charge is -2.50. The van der Waals surface area contributed by atoms with E-state index in [1.165, 1.54) is 64.2 Å². The first-order chi connectivity index (χ1) is 14.0. The van der Waals surface area contributed by atoms with Crippen LogP contribution in [0.3, 0.4) is 0 Å². The lowest BCUT2D eigenvalue weighted by molar-refractivity contribution is 0.00666. The predicted octanol–water partition coefficient (Wildman–Crippen LogP) is 11.7. The molecule has 0 saturated heterocycles. The lowest BCUT2D eigenvalue weighted by Crippen LogP contribution is -2.40. The quantitative estimate of drug-likeness (QED) is 0.217. The SMILES string of the molecule is CCC(C)CC(C)(C)CCC(C)(C)CC(C)(C)C(C)(C)CC(C)(C)CCCCC(C)(C)C. The van der Waals surface area contributed by atoms with Crippen molar-refractivity contribution in [1.82, 2.24) is 0 Å². The molecule has 194 valence electrons. The van der Waals surface area contributed by atoms with E-state index in [1.807, 2.05) is 0 Å². The van der Waals surface area contributed by atoms with E-state index < -0.39 is 0 Å². The fourth-order valence-corrected chi connectivity index (χ4v) is 6.17. The van der Waals surface area contributed by atoms with Gasteiger partial charge in [-0.2, -0.15) is 0 Å². The zero-order valence-electron chi connectivity index (χ0n) is 25.6. The van der Waals surface area contributed by atoms with Crippen molar-refractivity contribution < 1.29 is 0 Å². The van der Waals surface area contributed by atoms with Crippen LogP contribution in [0.5, 0.6) is 0 Å². The summed E-state index contributed by atoms with van der Waals surface area (Å²) in [6.45, 7) is 37.1. The first-order valence-electron chi connectivity index (χ1n) is 14.0. The first kappa shape index (κ1) is 32.0. The second-order valence-corrected chi connectivity index (χ2v) is 16.6. The summed E-state index contributed by atoms with van der Waals surface area (Å²) in [6, 6.07) is 0. The third-order valence-electron chi connectivity index (χ3n) is 8.78. The molecule has 0 aromatic heterocycles. The predicted molar refractivity (Wildman–Crippen MR) is 149 cm³/mol. The molecule has 0 rings (SSSR count). The third kappa shape index (κ3) is 13.0. The molecule has 1 atom stereocenters. The Labute approximate surface area is 206 Å². The Balaban J connectivity index is 4.97. The summed E-state index contributed by atoms with van der Waals surface area (Å²) < 4.78 is 0. The molecule has 0 aliphatic heterocycles. The Kier molecular flexibility index (Phi) is 11.6. The van der Waals surface area contributed by atoms with Crippen molar-refractivity contribution in [3.05, 3.63) is 0 Å². The fraction of sp³-hybridized carbons (Fsp3) is 1.00. The van der Waals surface area contributed by atoms with E-state index in [4.69, 9.17) is 0 Å². The van der Waals surface area contributed by atoms with Crippen LogP contribution in [0.4, 0.5) is 0 Å². The largest absolute Gasteiger partial charge is 0.0651 e. The molecule has 0 heteroatoms. The molecule has 0 bridgehead atoms. The van der Waals surface area contributed by atoms with Crippen molar-refractivity contribution in [3.8, 4) is 0 Å². The van der Waals surface area contributed by atoms with E-state index in [2.05, 4.69) is 104 Å². The summed E-state index contributed by atoms with van der Waals surface area (Å²) in [6.07, 6.45) is 13.4. The Morgan fingerprint density at radius 1 is 0.500 bits per heavy atom. The number of unbranched alkanes of at least 4 members (excludes halogenated alkanes) is 1. The number of hydrogen-bond donors (Lipinski definition) is 0. The van der Waals surface area contributed by atoms with Crippen molar-refractivity contribution >= 4 is 0 Å². The van der Waals surface area contributed by atoms with E-state index in [9.17, 15) is 0 Å². The van der Waals surface area contributed by atoms with Gasteiger partial charge in [-0.05, 0) is 83.4 Å². The summed E-state index contributed by atoms with van der Waals surface area (Å²) in [7, 11) is 0. The molecule has 32 heavy (non-hydrogen) atoms. The summed E-state index contributed by atoms with van der Waals surface area (Å²) in [5.41, 5.74) is 2.41. The van der Waals surface area contributed by atoms with Crippen molar-refractivity contribution in [3.63, 3.8) is 0 Å². The Morgan fingerprint density at radius 3 is 1.28 bits per heavy atom. The van der Waals surface area contributed by atoms with Crippen LogP contribution in [-0.4, -0.2) is 0 Å². The third-order valence-corrected chi connectivity index (χ3v) is 8.78. The van der Waals surface area contributed by atoms with Gasteiger partial charge >= 0.3 is 0 Å². The number of hydrogen-bond acceptors (Lipinski definition) is 0. The molecule has 0 nitrogen and oxygen atoms in total. The molecule has 0 spiro atoms. The molecule has 0 N–H and O–H groups in total. The standard InChI is InChI=1S/C32H66/c1-16-26(2)23-28(6,7)21-22-30(10,11)25-32(14,15)31(12,13)24-29(8,9)20-18-17-19-27(3,4)5/h26H,16-25H2,1-15H3. The highest BCUT2D eigenvalue weighted by molar-refractivity contribution is 4.93. The zero-order chi connectivity index (χ0) is 25.6. The van der Waals surface area contributed by atoms with Crippen molar-refractivity contribution in [1.29, 1.82) is 0 Å². The van der Waals surface area contributed by atoms with E-state index in [1.54, 1.807) is 0 Å². The fourth-order valence-electron chi connectivity index (χ4n) is 6.17. The zero-order valence-corrected chi connectivity index (χ0v) is 25.6. The highest BCUT2D eigenvalue weighted by Gasteiger charge is 2.43. The van der Waals surface area contributed by atoms with Gasteiger partial charge < -0.3 is 0 Å². The molecule has 0 aromatic rings. The second-order valence-electron chi connectivity index (χ2n) is 16.6. The highest BCUT2D eigenvalue weighted by atomic mass is 14.5. The maximum Gasteiger partial charge on any atom is -0.0298 e. The molecule has 0 radical (unpaired) electrons. The van der Waals surface area contributed by atoms with Crippen LogP contribution in [0.1, 0.15) is 168 Å². The van der Waals surface area contributed by atoms with Crippen LogP contribution >= 0.6 is 0 Å². The molecule has 0 fully saturated rings. The van der Waals surface area contributed by atoms with E-state index in [-0.39, 0.29) is 0 Å². The van der Waals surface area contributed by atoms with Gasteiger partial charge in [0.25, 0.3) is 0 Å². The minimum atomic E-state index is 0.333. The van der Waals surface area contributed by atoms with E-state index >= 15 is 0 Å². The summed E-state index contributed by atoms with van der Waals surface area (Å²) in [4.78, 5) is 0. The molecule has 1 unspecified atom stereocenters. The van der Waals surface area contributed by atoms with Crippen LogP contribution in [0.25, 0.3) is 0 Å². The van der Waals surface area contributed by atoms with Gasteiger partial charge in [-0.25, -0.2) is 0 Å². The average Bonchev–Trinajstić information content (AvgIpc) is 2.54. The summed E-state index contributed by atoms with van der Waals surface area (Å²) in [5, 5.41) is 0. The molecule has 0 saturated carbocycles. The maximum absolute atomic E-state index is 2.55. The summed E-state index contributed by atoms with van der Waals surface area (Å²) in [5.74, 6) is 0.842. The van der Waals surface area contributed by atoms with Crippen molar-refractivity contribution in [2.75, 3.05) is 0 Å². The lowest BCUT2D eigenvalue weighted by atomic mass is 9.56. The molecule has 0 aliphatic rings. The van der Waals surface area contributed by atoms with Crippen molar-refractivity contribution in [2.45, 2.75) is 168 Å². The average molecular weight is 451 g/mol. The van der Waals surface area contributed by atoms with Gasteiger partial charge in [-0.3, -0.25) is 0 Å². The Bertz CT molecular complexity index is 521. The highest BCUT2D eigenvalue weighted by Crippen LogP contribution is 2.53. The summed E-state index contributed by atoms with van der Waals surface area (Å²) >= 11 is 0. The molecule has 0 aromatic carbocycles. The van der Waals surface area contributed by atoms with Crippen LogP contribution in [0.15, 0.2) is 0 Å². The molecule has 0 aliphatic carbocycles. The van der Waals surface area contributed by atoms with Gasteiger partial charge in [0.05, 0.1) is 0 Å². The number of rotatable bonds is 15. The van der Waals surface area contributed by atoms with Gasteiger partial charge in [0.2, 0.25) is 0 Å². The molecular formula is C32H66. The van der Waals surface area contributed by atoms with Crippen LogP contribution in [0, 0.1) is 38.4 Å². The molecular weight excluding hydrogens is 384 g/mol. The Morgan fingerprint density at radius 2 is 0.875 bits per heavy atom. The maximum atomic E-state index is 2.55. The van der Waals surface area contributed by atoms with Crippen LogP contribution in [0.2, 0.25) is 0 Å². The monoisotopic (exact) mass is 451 g/mol. The minimum Gasteiger partial charge on any atom is -0.0651 e. The Hall–Kier alpha value is 0. The smallest absolute Gasteiger partial charge is 0.0298 e. The van der Waals surface area contributed by atoms with Crippen LogP contribution < -0.4 is 0 Å². The van der Waals surface area contributed by atoms with Crippen LogP contribution in [-0.2, 0) is 0 Å². The normalized spacial score (nSPS) is 15.8. The van der Waals surface area contributed by atoms with E-state index in [0.29, 0.717) is 32.5 Å². The second kappa shape index (κ2) is 11.6. The van der Waals surface area contributed by atoms with Gasteiger partial charge in [0.15, 0.2) is 0 Å². The van der Waals surface area contributed by atoms with Crippen molar-refractivity contribution in [2.24, 2.45) is 38.4 Å². The topological polar surface area (TPSA) is 0 Å². The van der Waals surface area contributed by atoms with Gasteiger partial charge in [0.1, 0.15) is 0 Å². The minimum absolute atomic E-state index is 0.333. The first-order valence-corrected chi connectivity index (χ1v) is 14.0. The van der Waals surface area contributed by atoms with E-state index in [0.717, 1.165) is 5.92 Å². The van der Waals surface area contributed by atoms with Gasteiger partial charge in [0, 0.05) is 0 Å².